The van der Waals surface area contributed by atoms with E-state index in [4.69, 9.17) is 5.73 Å². The Labute approximate surface area is 129 Å². The van der Waals surface area contributed by atoms with Crippen molar-refractivity contribution in [3.63, 3.8) is 0 Å². The number of rotatable bonds is 1. The predicted molar refractivity (Wildman–Crippen MR) is 84.9 cm³/mol. The summed E-state index contributed by atoms with van der Waals surface area (Å²) in [5.74, 6) is 1.18. The number of nitrogens with zero attached hydrogens (tertiary/aromatic N) is 5. The largest absolute Gasteiger partial charge is 0.368 e. The van der Waals surface area contributed by atoms with Crippen molar-refractivity contribution in [2.75, 3.05) is 30.3 Å². The van der Waals surface area contributed by atoms with E-state index in [1.165, 1.54) is 0 Å². The summed E-state index contributed by atoms with van der Waals surface area (Å²) in [4.78, 5) is 10.9. The summed E-state index contributed by atoms with van der Waals surface area (Å²) in [6.45, 7) is 4.99. The van der Waals surface area contributed by atoms with Crippen LogP contribution in [0.5, 0.6) is 0 Å². The number of halogens is 2. The molecular weight excluding hydrogens is 301 g/mol. The fourth-order valence-electron chi connectivity index (χ4n) is 2.43. The standard InChI is InChI=1S/C11H17N7.2ClH/c1-7-5-13-3-4-18(7)10-9-8(6-14-17(9)2)15-11(12)16-10;;/h6-7,13H,3-5H2,1-2H3,(H2,12,15,16);2*1H/t7-;;/m0../s1. The molecule has 0 saturated carbocycles. The first-order valence-electron chi connectivity index (χ1n) is 6.09. The van der Waals surface area contributed by atoms with Crippen molar-refractivity contribution in [2.45, 2.75) is 13.0 Å². The van der Waals surface area contributed by atoms with E-state index in [1.807, 2.05) is 7.05 Å². The Morgan fingerprint density at radius 1 is 1.35 bits per heavy atom. The van der Waals surface area contributed by atoms with Gasteiger partial charge in [-0.05, 0) is 6.92 Å². The molecule has 3 heterocycles. The van der Waals surface area contributed by atoms with Crippen LogP contribution >= 0.6 is 24.8 Å². The first-order chi connectivity index (χ1) is 8.66. The average Bonchev–Trinajstić information content (AvgIpc) is 2.71. The zero-order valence-corrected chi connectivity index (χ0v) is 13.0. The molecule has 2 aromatic rings. The Morgan fingerprint density at radius 3 is 2.80 bits per heavy atom. The van der Waals surface area contributed by atoms with Crippen molar-refractivity contribution < 1.29 is 0 Å². The van der Waals surface area contributed by atoms with Crippen LogP contribution in [0.1, 0.15) is 6.92 Å². The third kappa shape index (κ3) is 2.74. The third-order valence-electron chi connectivity index (χ3n) is 3.36. The number of nitrogens with two attached hydrogens (primary N) is 1. The number of anilines is 2. The number of aryl methyl sites for hydroxylation is 1. The molecule has 1 saturated heterocycles. The SMILES string of the molecule is C[C@H]1CNCCN1c1nc(N)nc2cnn(C)c12.Cl.Cl. The lowest BCUT2D eigenvalue weighted by Gasteiger charge is -2.35. The number of aromatic nitrogens is 4. The fourth-order valence-corrected chi connectivity index (χ4v) is 2.43. The lowest BCUT2D eigenvalue weighted by Crippen LogP contribution is -2.50. The third-order valence-corrected chi connectivity index (χ3v) is 3.36. The van der Waals surface area contributed by atoms with E-state index < -0.39 is 0 Å². The Bertz CT molecular complexity index is 585. The Hall–Kier alpha value is -1.31. The number of fused-ring (bicyclic) bond motifs is 1. The molecule has 1 aliphatic rings. The maximum Gasteiger partial charge on any atom is 0.222 e. The quantitative estimate of drug-likeness (QED) is 0.800. The summed E-state index contributed by atoms with van der Waals surface area (Å²) < 4.78 is 1.80. The molecule has 1 fully saturated rings. The highest BCUT2D eigenvalue weighted by Crippen LogP contribution is 2.25. The van der Waals surface area contributed by atoms with Gasteiger partial charge in [-0.2, -0.15) is 10.1 Å². The van der Waals surface area contributed by atoms with Crippen molar-refractivity contribution >= 4 is 47.6 Å². The first-order valence-corrected chi connectivity index (χ1v) is 6.09. The summed E-state index contributed by atoms with van der Waals surface area (Å²) in [7, 11) is 1.90. The number of hydrogen-bond donors (Lipinski definition) is 2. The minimum Gasteiger partial charge on any atom is -0.368 e. The van der Waals surface area contributed by atoms with Crippen LogP contribution in [0.3, 0.4) is 0 Å². The van der Waals surface area contributed by atoms with Gasteiger partial charge in [-0.1, -0.05) is 0 Å². The van der Waals surface area contributed by atoms with Crippen molar-refractivity contribution in [2.24, 2.45) is 7.05 Å². The normalized spacial score (nSPS) is 18.5. The van der Waals surface area contributed by atoms with E-state index in [1.54, 1.807) is 10.9 Å². The number of hydrogen-bond acceptors (Lipinski definition) is 6. The molecule has 1 aliphatic heterocycles. The van der Waals surface area contributed by atoms with Gasteiger partial charge in [0.2, 0.25) is 5.95 Å². The van der Waals surface area contributed by atoms with Crippen LogP contribution in [0.2, 0.25) is 0 Å². The van der Waals surface area contributed by atoms with Crippen LogP contribution in [-0.4, -0.2) is 45.4 Å². The van der Waals surface area contributed by atoms with Gasteiger partial charge in [-0.3, -0.25) is 4.68 Å². The maximum atomic E-state index is 5.78. The van der Waals surface area contributed by atoms with Crippen molar-refractivity contribution in [1.82, 2.24) is 25.1 Å². The second-order valence-corrected chi connectivity index (χ2v) is 4.65. The molecule has 3 N–H and O–H groups in total. The minimum atomic E-state index is 0. The summed E-state index contributed by atoms with van der Waals surface area (Å²) in [6, 6.07) is 0.381. The summed E-state index contributed by atoms with van der Waals surface area (Å²) in [6.07, 6.45) is 1.73. The lowest BCUT2D eigenvalue weighted by atomic mass is 10.2. The van der Waals surface area contributed by atoms with Crippen LogP contribution in [0, 0.1) is 0 Å². The zero-order chi connectivity index (χ0) is 12.7. The van der Waals surface area contributed by atoms with E-state index >= 15 is 0 Å². The molecule has 0 radical (unpaired) electrons. The van der Waals surface area contributed by atoms with E-state index in [9.17, 15) is 0 Å². The molecule has 2 aromatic heterocycles. The maximum absolute atomic E-state index is 5.78. The van der Waals surface area contributed by atoms with Crippen LogP contribution in [-0.2, 0) is 7.05 Å². The topological polar surface area (TPSA) is 84.9 Å². The molecule has 7 nitrogen and oxygen atoms in total. The average molecular weight is 320 g/mol. The van der Waals surface area contributed by atoms with Gasteiger partial charge in [0.05, 0.1) is 6.20 Å². The molecule has 3 rings (SSSR count). The van der Waals surface area contributed by atoms with Crippen LogP contribution < -0.4 is 16.0 Å². The highest BCUT2D eigenvalue weighted by atomic mass is 35.5. The van der Waals surface area contributed by atoms with Gasteiger partial charge >= 0.3 is 0 Å². The monoisotopic (exact) mass is 319 g/mol. The molecule has 112 valence electrons. The van der Waals surface area contributed by atoms with Gasteiger partial charge in [-0.25, -0.2) is 4.98 Å². The molecule has 0 spiro atoms. The molecule has 1 atom stereocenters. The second-order valence-electron chi connectivity index (χ2n) is 4.65. The molecule has 0 unspecified atom stereocenters. The molecule has 0 aromatic carbocycles. The number of piperazine rings is 1. The lowest BCUT2D eigenvalue weighted by molar-refractivity contribution is 0.497. The number of nitrogen functional groups attached to an aromatic ring is 1. The van der Waals surface area contributed by atoms with E-state index in [2.05, 4.69) is 32.2 Å². The summed E-state index contributed by atoms with van der Waals surface area (Å²) >= 11 is 0. The van der Waals surface area contributed by atoms with Gasteiger partial charge in [0, 0.05) is 32.7 Å². The zero-order valence-electron chi connectivity index (χ0n) is 11.4. The Morgan fingerprint density at radius 2 is 2.10 bits per heavy atom. The van der Waals surface area contributed by atoms with Gasteiger partial charge in [0.25, 0.3) is 0 Å². The van der Waals surface area contributed by atoms with Crippen molar-refractivity contribution in [1.29, 1.82) is 0 Å². The molecule has 20 heavy (non-hydrogen) atoms. The van der Waals surface area contributed by atoms with Gasteiger partial charge in [0.15, 0.2) is 5.82 Å². The molecule has 0 amide bonds. The van der Waals surface area contributed by atoms with Crippen LogP contribution in [0.4, 0.5) is 11.8 Å². The smallest absolute Gasteiger partial charge is 0.222 e. The molecule has 0 aliphatic carbocycles. The highest BCUT2D eigenvalue weighted by Gasteiger charge is 2.23. The summed E-state index contributed by atoms with van der Waals surface area (Å²) in [5, 5.41) is 7.60. The fraction of sp³-hybridized carbons (Fsp3) is 0.545. The molecule has 0 bridgehead atoms. The second kappa shape index (κ2) is 6.43. The van der Waals surface area contributed by atoms with Crippen LogP contribution in [0.25, 0.3) is 11.0 Å². The summed E-state index contributed by atoms with van der Waals surface area (Å²) in [5.41, 5.74) is 7.52. The van der Waals surface area contributed by atoms with Gasteiger partial charge in [0.1, 0.15) is 11.0 Å². The molecule has 9 heteroatoms. The van der Waals surface area contributed by atoms with E-state index in [-0.39, 0.29) is 24.8 Å². The molecular formula is C11H19Cl2N7. The number of nitrogens with one attached hydrogen (secondary N) is 1. The highest BCUT2D eigenvalue weighted by molar-refractivity contribution is 5.87. The van der Waals surface area contributed by atoms with E-state index in [0.29, 0.717) is 12.0 Å². The van der Waals surface area contributed by atoms with Crippen molar-refractivity contribution in [3.8, 4) is 0 Å². The van der Waals surface area contributed by atoms with Crippen LogP contribution in [0.15, 0.2) is 6.20 Å². The Balaban J connectivity index is 0.000001000. The van der Waals surface area contributed by atoms with E-state index in [0.717, 1.165) is 36.5 Å². The van der Waals surface area contributed by atoms with Gasteiger partial charge < -0.3 is 16.0 Å². The Kier molecular flexibility index (Phi) is 5.38. The van der Waals surface area contributed by atoms with Crippen molar-refractivity contribution in [3.05, 3.63) is 6.20 Å². The van der Waals surface area contributed by atoms with Gasteiger partial charge in [-0.15, -0.1) is 24.8 Å². The first kappa shape index (κ1) is 16.7. The predicted octanol–water partition coefficient (Wildman–Crippen LogP) is 0.587. The minimum absolute atomic E-state index is 0.